The molecule has 1 heterocycles. The molecule has 2 amide bonds. The van der Waals surface area contributed by atoms with E-state index in [1.54, 1.807) is 4.90 Å². The standard InChI is InChI=1S/C16H22N2O3/c1-2-9-17(12-15(19)20)16(21)18-10-5-8-13-6-3-4-7-14(13)11-18/h3-4,6-7H,2,5,8-12H2,1H3,(H,19,20). The van der Waals surface area contributed by atoms with Crippen LogP contribution in [-0.4, -0.2) is 46.5 Å². The number of aliphatic carboxylic acids is 1. The second-order valence-electron chi connectivity index (χ2n) is 5.39. The van der Waals surface area contributed by atoms with Crippen molar-refractivity contribution in [2.75, 3.05) is 19.6 Å². The highest BCUT2D eigenvalue weighted by Gasteiger charge is 2.24. The van der Waals surface area contributed by atoms with Gasteiger partial charge in [-0.1, -0.05) is 31.2 Å². The number of amides is 2. The minimum absolute atomic E-state index is 0.170. The fraction of sp³-hybridized carbons (Fsp3) is 0.500. The summed E-state index contributed by atoms with van der Waals surface area (Å²) in [7, 11) is 0. The summed E-state index contributed by atoms with van der Waals surface area (Å²) in [6.07, 6.45) is 2.63. The average Bonchev–Trinajstić information content (AvgIpc) is 2.67. The Morgan fingerprint density at radius 1 is 1.29 bits per heavy atom. The quantitative estimate of drug-likeness (QED) is 0.926. The van der Waals surface area contributed by atoms with Gasteiger partial charge in [0.1, 0.15) is 6.54 Å². The number of carbonyl (C=O) groups is 2. The number of carboxylic acid groups (broad SMARTS) is 1. The van der Waals surface area contributed by atoms with Gasteiger partial charge in [0.15, 0.2) is 0 Å². The number of hydrogen-bond acceptors (Lipinski definition) is 2. The lowest BCUT2D eigenvalue weighted by atomic mass is 10.0. The van der Waals surface area contributed by atoms with Crippen molar-refractivity contribution in [3.63, 3.8) is 0 Å². The van der Waals surface area contributed by atoms with Crippen LogP contribution in [0.2, 0.25) is 0 Å². The fourth-order valence-corrected chi connectivity index (χ4v) is 2.74. The van der Waals surface area contributed by atoms with Crippen molar-refractivity contribution in [1.29, 1.82) is 0 Å². The zero-order valence-corrected chi connectivity index (χ0v) is 12.4. The highest BCUT2D eigenvalue weighted by atomic mass is 16.4. The lowest BCUT2D eigenvalue weighted by molar-refractivity contribution is -0.137. The van der Waals surface area contributed by atoms with Gasteiger partial charge < -0.3 is 14.9 Å². The third kappa shape index (κ3) is 3.97. The number of aryl methyl sites for hydroxylation is 1. The Balaban J connectivity index is 2.12. The maximum Gasteiger partial charge on any atom is 0.323 e. The Hall–Kier alpha value is -2.04. The molecule has 1 aromatic carbocycles. The van der Waals surface area contributed by atoms with E-state index in [4.69, 9.17) is 5.11 Å². The number of fused-ring (bicyclic) bond motifs is 1. The van der Waals surface area contributed by atoms with E-state index in [2.05, 4.69) is 6.07 Å². The summed E-state index contributed by atoms with van der Waals surface area (Å²) >= 11 is 0. The molecule has 0 spiro atoms. The van der Waals surface area contributed by atoms with E-state index in [0.29, 0.717) is 19.6 Å². The van der Waals surface area contributed by atoms with Crippen LogP contribution >= 0.6 is 0 Å². The Morgan fingerprint density at radius 2 is 2.00 bits per heavy atom. The monoisotopic (exact) mass is 290 g/mol. The van der Waals surface area contributed by atoms with Crippen LogP contribution in [0.15, 0.2) is 24.3 Å². The number of urea groups is 1. The molecule has 0 atom stereocenters. The van der Waals surface area contributed by atoms with E-state index in [9.17, 15) is 9.59 Å². The summed E-state index contributed by atoms with van der Waals surface area (Å²) in [5.41, 5.74) is 2.45. The second kappa shape index (κ2) is 7.11. The minimum atomic E-state index is -0.966. The maximum atomic E-state index is 12.6. The number of carboxylic acids is 1. The predicted octanol–water partition coefficient (Wildman–Crippen LogP) is 2.35. The number of nitrogens with zero attached hydrogens (tertiary/aromatic N) is 2. The SMILES string of the molecule is CCCN(CC(=O)O)C(=O)N1CCCc2ccccc2C1. The van der Waals surface area contributed by atoms with Crippen molar-refractivity contribution in [3.05, 3.63) is 35.4 Å². The first-order valence-corrected chi connectivity index (χ1v) is 7.44. The average molecular weight is 290 g/mol. The molecular weight excluding hydrogens is 268 g/mol. The van der Waals surface area contributed by atoms with Crippen molar-refractivity contribution in [1.82, 2.24) is 9.80 Å². The first kappa shape index (κ1) is 15.4. The van der Waals surface area contributed by atoms with Gasteiger partial charge in [0, 0.05) is 19.6 Å². The summed E-state index contributed by atoms with van der Waals surface area (Å²) in [6.45, 7) is 3.43. The maximum absolute atomic E-state index is 12.6. The fourth-order valence-electron chi connectivity index (χ4n) is 2.74. The van der Waals surface area contributed by atoms with Crippen LogP contribution < -0.4 is 0 Å². The lowest BCUT2D eigenvalue weighted by Gasteiger charge is -2.29. The third-order valence-electron chi connectivity index (χ3n) is 3.71. The molecular formula is C16H22N2O3. The first-order chi connectivity index (χ1) is 10.1. The summed E-state index contributed by atoms with van der Waals surface area (Å²) < 4.78 is 0. The lowest BCUT2D eigenvalue weighted by Crippen LogP contribution is -2.45. The minimum Gasteiger partial charge on any atom is -0.480 e. The molecule has 1 aliphatic heterocycles. The van der Waals surface area contributed by atoms with Gasteiger partial charge in [0.25, 0.3) is 0 Å². The van der Waals surface area contributed by atoms with Crippen LogP contribution in [0.25, 0.3) is 0 Å². The summed E-state index contributed by atoms with van der Waals surface area (Å²) in [6, 6.07) is 7.97. The Morgan fingerprint density at radius 3 is 2.67 bits per heavy atom. The molecule has 1 aliphatic rings. The first-order valence-electron chi connectivity index (χ1n) is 7.44. The van der Waals surface area contributed by atoms with E-state index in [0.717, 1.165) is 24.8 Å². The van der Waals surface area contributed by atoms with Crippen molar-refractivity contribution >= 4 is 12.0 Å². The molecule has 0 saturated heterocycles. The van der Waals surface area contributed by atoms with Gasteiger partial charge in [-0.25, -0.2) is 4.79 Å². The molecule has 0 unspecified atom stereocenters. The molecule has 2 rings (SSSR count). The summed E-state index contributed by atoms with van der Waals surface area (Å²) in [4.78, 5) is 26.7. The van der Waals surface area contributed by atoms with Gasteiger partial charge in [-0.15, -0.1) is 0 Å². The molecule has 0 bridgehead atoms. The van der Waals surface area contributed by atoms with Gasteiger partial charge in [-0.05, 0) is 30.4 Å². The zero-order chi connectivity index (χ0) is 15.2. The van der Waals surface area contributed by atoms with Crippen LogP contribution in [0.5, 0.6) is 0 Å². The molecule has 21 heavy (non-hydrogen) atoms. The van der Waals surface area contributed by atoms with Crippen LogP contribution in [0, 0.1) is 0 Å². The molecule has 0 aromatic heterocycles. The van der Waals surface area contributed by atoms with Crippen molar-refractivity contribution in [2.45, 2.75) is 32.7 Å². The Kier molecular flexibility index (Phi) is 5.20. The van der Waals surface area contributed by atoms with Gasteiger partial charge >= 0.3 is 12.0 Å². The number of hydrogen-bond donors (Lipinski definition) is 1. The number of benzene rings is 1. The molecule has 0 radical (unpaired) electrons. The smallest absolute Gasteiger partial charge is 0.323 e. The Labute approximate surface area is 125 Å². The van der Waals surface area contributed by atoms with Crippen LogP contribution in [0.4, 0.5) is 4.79 Å². The van der Waals surface area contributed by atoms with Gasteiger partial charge in [0.2, 0.25) is 0 Å². The van der Waals surface area contributed by atoms with E-state index in [1.165, 1.54) is 10.5 Å². The van der Waals surface area contributed by atoms with Gasteiger partial charge in [-0.3, -0.25) is 4.79 Å². The number of carbonyl (C=O) groups excluding carboxylic acids is 1. The van der Waals surface area contributed by atoms with E-state index < -0.39 is 5.97 Å². The summed E-state index contributed by atoms with van der Waals surface area (Å²) in [5, 5.41) is 8.96. The third-order valence-corrected chi connectivity index (χ3v) is 3.71. The van der Waals surface area contributed by atoms with E-state index in [1.807, 2.05) is 25.1 Å². The largest absolute Gasteiger partial charge is 0.480 e. The van der Waals surface area contributed by atoms with Crippen molar-refractivity contribution in [3.8, 4) is 0 Å². The zero-order valence-electron chi connectivity index (χ0n) is 12.4. The normalized spacial score (nSPS) is 14.2. The molecule has 0 aliphatic carbocycles. The summed E-state index contributed by atoms with van der Waals surface area (Å²) in [5.74, 6) is -0.966. The molecule has 1 N–H and O–H groups in total. The Bertz CT molecular complexity index is 516. The van der Waals surface area contributed by atoms with Crippen LogP contribution in [0.3, 0.4) is 0 Å². The van der Waals surface area contributed by atoms with Crippen LogP contribution in [0.1, 0.15) is 30.9 Å². The van der Waals surface area contributed by atoms with Gasteiger partial charge in [-0.2, -0.15) is 0 Å². The van der Waals surface area contributed by atoms with Gasteiger partial charge in [0.05, 0.1) is 0 Å². The molecule has 0 saturated carbocycles. The van der Waals surface area contributed by atoms with Crippen molar-refractivity contribution < 1.29 is 14.7 Å². The highest BCUT2D eigenvalue weighted by molar-refractivity contribution is 5.80. The van der Waals surface area contributed by atoms with E-state index in [-0.39, 0.29) is 12.6 Å². The predicted molar refractivity (Wildman–Crippen MR) is 80.1 cm³/mol. The second-order valence-corrected chi connectivity index (χ2v) is 5.39. The molecule has 5 heteroatoms. The molecule has 5 nitrogen and oxygen atoms in total. The van der Waals surface area contributed by atoms with E-state index >= 15 is 0 Å². The number of rotatable bonds is 4. The van der Waals surface area contributed by atoms with Crippen molar-refractivity contribution in [2.24, 2.45) is 0 Å². The molecule has 0 fully saturated rings. The van der Waals surface area contributed by atoms with Crippen LogP contribution in [-0.2, 0) is 17.8 Å². The topological polar surface area (TPSA) is 60.9 Å². The highest BCUT2D eigenvalue weighted by Crippen LogP contribution is 2.19. The molecule has 114 valence electrons. The molecule has 1 aromatic rings.